The van der Waals surface area contributed by atoms with E-state index in [1.54, 1.807) is 0 Å². The summed E-state index contributed by atoms with van der Waals surface area (Å²) in [5.74, 6) is 0.428. The Morgan fingerprint density at radius 3 is 2.62 bits per heavy atom. The molecule has 0 heterocycles. The van der Waals surface area contributed by atoms with Gasteiger partial charge >= 0.3 is 12.1 Å². The summed E-state index contributed by atoms with van der Waals surface area (Å²) in [6.45, 7) is -0.549. The zero-order chi connectivity index (χ0) is 18.9. The number of ether oxygens (including phenoxy) is 1. The van der Waals surface area contributed by atoms with Crippen molar-refractivity contribution in [2.24, 2.45) is 17.8 Å². The van der Waals surface area contributed by atoms with Gasteiger partial charge in [0.05, 0.1) is 16.3 Å². The van der Waals surface area contributed by atoms with Crippen LogP contribution in [0.25, 0.3) is 0 Å². The fourth-order valence-electron chi connectivity index (χ4n) is 4.03. The maximum absolute atomic E-state index is 12.7. The molecule has 0 aromatic heterocycles. The van der Waals surface area contributed by atoms with Crippen LogP contribution < -0.4 is 5.32 Å². The molecule has 4 nitrogen and oxygen atoms in total. The molecule has 0 aliphatic heterocycles. The smallest absolute Gasteiger partial charge is 0.416 e. The highest BCUT2D eigenvalue weighted by atomic mass is 35.5. The van der Waals surface area contributed by atoms with Crippen LogP contribution in [-0.2, 0) is 20.5 Å². The number of halogens is 4. The number of hydrogen-bond donors (Lipinski definition) is 1. The van der Waals surface area contributed by atoms with Crippen LogP contribution in [0.15, 0.2) is 18.2 Å². The molecule has 0 spiro atoms. The zero-order valence-corrected chi connectivity index (χ0v) is 14.7. The van der Waals surface area contributed by atoms with E-state index in [0.717, 1.165) is 31.0 Å². The lowest BCUT2D eigenvalue weighted by atomic mass is 9.86. The molecule has 2 bridgehead atoms. The van der Waals surface area contributed by atoms with Crippen molar-refractivity contribution in [1.82, 2.24) is 0 Å². The van der Waals surface area contributed by atoms with Crippen LogP contribution in [0.4, 0.5) is 18.9 Å². The number of carbonyl (C=O) groups is 2. The summed E-state index contributed by atoms with van der Waals surface area (Å²) in [5.41, 5.74) is -1.10. The number of carbonyl (C=O) groups excluding carboxylic acids is 2. The van der Waals surface area contributed by atoms with Crippen molar-refractivity contribution in [1.29, 1.82) is 0 Å². The highest BCUT2D eigenvalue weighted by molar-refractivity contribution is 6.33. The van der Waals surface area contributed by atoms with Crippen LogP contribution in [-0.4, -0.2) is 18.5 Å². The Morgan fingerprint density at radius 1 is 1.23 bits per heavy atom. The van der Waals surface area contributed by atoms with E-state index in [-0.39, 0.29) is 10.7 Å². The molecular formula is C18H19ClF3NO3. The van der Waals surface area contributed by atoms with Crippen molar-refractivity contribution in [3.63, 3.8) is 0 Å². The molecule has 1 amide bonds. The minimum Gasteiger partial charge on any atom is -0.456 e. The van der Waals surface area contributed by atoms with Gasteiger partial charge in [-0.05, 0) is 55.2 Å². The molecule has 3 atom stereocenters. The number of anilines is 1. The third-order valence-electron chi connectivity index (χ3n) is 5.25. The fourth-order valence-corrected chi connectivity index (χ4v) is 4.19. The van der Waals surface area contributed by atoms with Gasteiger partial charge in [0.15, 0.2) is 6.61 Å². The molecule has 8 heteroatoms. The van der Waals surface area contributed by atoms with E-state index < -0.39 is 30.2 Å². The number of rotatable bonds is 5. The molecule has 2 aliphatic rings. The van der Waals surface area contributed by atoms with Gasteiger partial charge in [-0.15, -0.1) is 0 Å². The molecule has 2 aliphatic carbocycles. The number of alkyl halides is 3. The molecule has 1 N–H and O–H groups in total. The first-order valence-electron chi connectivity index (χ1n) is 8.54. The molecule has 0 unspecified atom stereocenters. The summed E-state index contributed by atoms with van der Waals surface area (Å²) in [6, 6.07) is 2.63. The van der Waals surface area contributed by atoms with Crippen molar-refractivity contribution < 1.29 is 27.5 Å². The average Bonchev–Trinajstić information content (AvgIpc) is 3.17. The Bertz CT molecular complexity index is 707. The van der Waals surface area contributed by atoms with Crippen molar-refractivity contribution in [2.75, 3.05) is 11.9 Å². The Morgan fingerprint density at radius 2 is 2.00 bits per heavy atom. The highest BCUT2D eigenvalue weighted by Gasteiger charge is 2.40. The van der Waals surface area contributed by atoms with Gasteiger partial charge in [0.25, 0.3) is 5.91 Å². The number of nitrogens with one attached hydrogen (secondary N) is 1. The van der Waals surface area contributed by atoms with E-state index in [1.165, 1.54) is 12.8 Å². The largest absolute Gasteiger partial charge is 0.456 e. The van der Waals surface area contributed by atoms with Gasteiger partial charge in [-0.1, -0.05) is 18.0 Å². The van der Waals surface area contributed by atoms with E-state index in [0.29, 0.717) is 24.2 Å². The van der Waals surface area contributed by atoms with Crippen molar-refractivity contribution >= 4 is 29.2 Å². The SMILES string of the molecule is O=C(COC(=O)C[C@H]1C[C@@H]2CC[C@@H]1C2)Nc1cc(C(F)(F)F)ccc1Cl. The second-order valence-corrected chi connectivity index (χ2v) is 7.45. The second-order valence-electron chi connectivity index (χ2n) is 7.04. The van der Waals surface area contributed by atoms with E-state index in [9.17, 15) is 22.8 Å². The number of esters is 1. The third-order valence-corrected chi connectivity index (χ3v) is 5.58. The zero-order valence-electron chi connectivity index (χ0n) is 13.9. The Balaban J connectivity index is 1.49. The normalized spacial score (nSPS) is 24.5. The molecule has 1 aromatic rings. The monoisotopic (exact) mass is 389 g/mol. The molecule has 3 rings (SSSR count). The summed E-state index contributed by atoms with van der Waals surface area (Å²) < 4.78 is 43.1. The van der Waals surface area contributed by atoms with Crippen molar-refractivity contribution in [3.05, 3.63) is 28.8 Å². The molecule has 1 aromatic carbocycles. The third kappa shape index (κ3) is 4.50. The van der Waals surface area contributed by atoms with Crippen LogP contribution in [0.1, 0.15) is 37.7 Å². The van der Waals surface area contributed by atoms with Crippen molar-refractivity contribution in [2.45, 2.75) is 38.3 Å². The molecule has 0 saturated heterocycles. The first-order chi connectivity index (χ1) is 12.2. The molecular weight excluding hydrogens is 371 g/mol. The average molecular weight is 390 g/mol. The Labute approximate surface area is 154 Å². The predicted octanol–water partition coefficient (Wildman–Crippen LogP) is 4.67. The van der Waals surface area contributed by atoms with E-state index in [4.69, 9.17) is 16.3 Å². The molecule has 2 saturated carbocycles. The van der Waals surface area contributed by atoms with Gasteiger partial charge in [0.2, 0.25) is 0 Å². The Kier molecular flexibility index (Phi) is 5.46. The summed E-state index contributed by atoms with van der Waals surface area (Å²) in [5, 5.41) is 2.22. The van der Waals surface area contributed by atoms with E-state index in [1.807, 2.05) is 0 Å². The van der Waals surface area contributed by atoms with Gasteiger partial charge in [-0.3, -0.25) is 9.59 Å². The quantitative estimate of drug-likeness (QED) is 0.745. The Hall–Kier alpha value is -1.76. The van der Waals surface area contributed by atoms with Crippen LogP contribution >= 0.6 is 11.6 Å². The summed E-state index contributed by atoms with van der Waals surface area (Å²) in [4.78, 5) is 23.8. The first-order valence-corrected chi connectivity index (χ1v) is 8.92. The predicted molar refractivity (Wildman–Crippen MR) is 89.6 cm³/mol. The summed E-state index contributed by atoms with van der Waals surface area (Å²) >= 11 is 5.81. The lowest BCUT2D eigenvalue weighted by molar-refractivity contribution is -0.148. The molecule has 2 fully saturated rings. The van der Waals surface area contributed by atoms with Crippen LogP contribution in [0, 0.1) is 17.8 Å². The fraction of sp³-hybridized carbons (Fsp3) is 0.556. The topological polar surface area (TPSA) is 55.4 Å². The summed E-state index contributed by atoms with van der Waals surface area (Å²) in [6.07, 6.45) is 0.335. The highest BCUT2D eigenvalue weighted by Crippen LogP contribution is 2.49. The first kappa shape index (κ1) is 19.0. The van der Waals surface area contributed by atoms with Gasteiger partial charge in [0, 0.05) is 6.42 Å². The van der Waals surface area contributed by atoms with Crippen LogP contribution in [0.5, 0.6) is 0 Å². The summed E-state index contributed by atoms with van der Waals surface area (Å²) in [7, 11) is 0. The lowest BCUT2D eigenvalue weighted by Gasteiger charge is -2.20. The maximum Gasteiger partial charge on any atom is 0.416 e. The van der Waals surface area contributed by atoms with Crippen molar-refractivity contribution in [3.8, 4) is 0 Å². The van der Waals surface area contributed by atoms with Gasteiger partial charge in [-0.25, -0.2) is 0 Å². The number of benzene rings is 1. The number of fused-ring (bicyclic) bond motifs is 2. The minimum absolute atomic E-state index is 0.0281. The molecule has 142 valence electrons. The van der Waals surface area contributed by atoms with E-state index >= 15 is 0 Å². The van der Waals surface area contributed by atoms with E-state index in [2.05, 4.69) is 5.32 Å². The van der Waals surface area contributed by atoms with Gasteiger partial charge in [0.1, 0.15) is 0 Å². The van der Waals surface area contributed by atoms with Crippen LogP contribution in [0.2, 0.25) is 5.02 Å². The minimum atomic E-state index is -4.54. The van der Waals surface area contributed by atoms with Gasteiger partial charge < -0.3 is 10.1 Å². The van der Waals surface area contributed by atoms with Gasteiger partial charge in [-0.2, -0.15) is 13.2 Å². The number of amides is 1. The standard InChI is InChI=1S/C18H19ClF3NO3/c19-14-4-3-13(18(20,21)22)8-15(14)23-16(24)9-26-17(25)7-12-6-10-1-2-11(12)5-10/h3-4,8,10-12H,1-2,5-7,9H2,(H,23,24)/t10-,11-,12-/m1/s1. The second kappa shape index (κ2) is 7.47. The lowest BCUT2D eigenvalue weighted by Crippen LogP contribution is -2.23. The maximum atomic E-state index is 12.7. The number of hydrogen-bond acceptors (Lipinski definition) is 3. The van der Waals surface area contributed by atoms with Crippen LogP contribution in [0.3, 0.4) is 0 Å². The molecule has 0 radical (unpaired) electrons. The molecule has 26 heavy (non-hydrogen) atoms.